The van der Waals surface area contributed by atoms with E-state index in [4.69, 9.17) is 11.6 Å². The van der Waals surface area contributed by atoms with Gasteiger partial charge < -0.3 is 5.11 Å². The highest BCUT2D eigenvalue weighted by atomic mass is 35.5. The largest absolute Gasteiger partial charge is 0.396 e. The second-order valence-electron chi connectivity index (χ2n) is 5.79. The third-order valence-corrected chi connectivity index (χ3v) is 6.68. The molecular weight excluding hydrogens is 310 g/mol. The van der Waals surface area contributed by atoms with E-state index in [1.165, 1.54) is 10.4 Å². The van der Waals surface area contributed by atoms with Crippen LogP contribution in [0, 0.1) is 12.8 Å². The number of rotatable bonds is 4. The van der Waals surface area contributed by atoms with Gasteiger partial charge in [-0.05, 0) is 56.2 Å². The summed E-state index contributed by atoms with van der Waals surface area (Å²) in [6.07, 6.45) is 3.33. The predicted molar refractivity (Wildman–Crippen MR) is 84.0 cm³/mol. The van der Waals surface area contributed by atoms with Gasteiger partial charge in [0.25, 0.3) is 0 Å². The molecule has 0 bridgehead atoms. The molecule has 1 aromatic carbocycles. The van der Waals surface area contributed by atoms with Gasteiger partial charge in [-0.1, -0.05) is 17.7 Å². The number of sulfonamides is 1. The summed E-state index contributed by atoms with van der Waals surface area (Å²) < 4.78 is 27.0. The molecule has 1 aliphatic carbocycles. The van der Waals surface area contributed by atoms with E-state index < -0.39 is 10.0 Å². The second-order valence-corrected chi connectivity index (χ2v) is 8.19. The number of aliphatic hydroxyl groups is 1. The first-order chi connectivity index (χ1) is 9.86. The quantitative estimate of drug-likeness (QED) is 0.923. The monoisotopic (exact) mass is 331 g/mol. The van der Waals surface area contributed by atoms with Gasteiger partial charge in [-0.2, -0.15) is 4.31 Å². The van der Waals surface area contributed by atoms with Gasteiger partial charge in [-0.15, -0.1) is 0 Å². The summed E-state index contributed by atoms with van der Waals surface area (Å²) in [5, 5.41) is 9.60. The van der Waals surface area contributed by atoms with Gasteiger partial charge in [0.15, 0.2) is 0 Å². The average Bonchev–Trinajstić information content (AvgIpc) is 2.49. The molecule has 0 aliphatic heterocycles. The zero-order chi connectivity index (χ0) is 15.6. The van der Waals surface area contributed by atoms with Crippen molar-refractivity contribution < 1.29 is 13.5 Å². The normalized spacial score (nSPS) is 23.5. The molecule has 0 saturated heterocycles. The fourth-order valence-electron chi connectivity index (χ4n) is 2.89. The zero-order valence-electron chi connectivity index (χ0n) is 12.4. The Balaban J connectivity index is 2.21. The minimum Gasteiger partial charge on any atom is -0.396 e. The molecule has 0 atom stereocenters. The molecule has 1 N–H and O–H groups in total. The van der Waals surface area contributed by atoms with E-state index in [2.05, 4.69) is 0 Å². The third kappa shape index (κ3) is 3.59. The molecule has 0 aromatic heterocycles. The molecule has 21 heavy (non-hydrogen) atoms. The first-order valence-corrected chi connectivity index (χ1v) is 9.03. The second kappa shape index (κ2) is 6.65. The molecule has 0 amide bonds. The van der Waals surface area contributed by atoms with Crippen molar-refractivity contribution in [1.82, 2.24) is 4.31 Å². The lowest BCUT2D eigenvalue weighted by molar-refractivity contribution is 0.159. The summed E-state index contributed by atoms with van der Waals surface area (Å²) in [4.78, 5) is 0.279. The van der Waals surface area contributed by atoms with Crippen LogP contribution in [0.3, 0.4) is 0 Å². The van der Waals surface area contributed by atoms with Crippen molar-refractivity contribution in [2.75, 3.05) is 13.7 Å². The van der Waals surface area contributed by atoms with Crippen LogP contribution >= 0.6 is 11.6 Å². The van der Waals surface area contributed by atoms with Crippen LogP contribution in [0.5, 0.6) is 0 Å². The van der Waals surface area contributed by atoms with Crippen molar-refractivity contribution in [1.29, 1.82) is 0 Å². The molecule has 0 unspecified atom stereocenters. The molecule has 0 radical (unpaired) electrons. The van der Waals surface area contributed by atoms with Crippen LogP contribution in [0.25, 0.3) is 0 Å². The van der Waals surface area contributed by atoms with Crippen molar-refractivity contribution in [3.05, 3.63) is 28.8 Å². The Labute approximate surface area is 131 Å². The van der Waals surface area contributed by atoms with Crippen LogP contribution in [0.1, 0.15) is 31.2 Å². The van der Waals surface area contributed by atoms with E-state index in [-0.39, 0.29) is 17.5 Å². The van der Waals surface area contributed by atoms with E-state index in [1.807, 2.05) is 0 Å². The third-order valence-electron chi connectivity index (χ3n) is 4.40. The van der Waals surface area contributed by atoms with Crippen LogP contribution in [-0.4, -0.2) is 37.5 Å². The van der Waals surface area contributed by atoms with Gasteiger partial charge in [0.1, 0.15) is 0 Å². The first-order valence-electron chi connectivity index (χ1n) is 7.21. The van der Waals surface area contributed by atoms with Gasteiger partial charge in [0, 0.05) is 24.7 Å². The molecule has 1 aromatic rings. The SMILES string of the molecule is Cc1ccc(Cl)cc1S(=O)(=O)N(C)C1CCC(CO)CC1. The maximum absolute atomic E-state index is 12.8. The summed E-state index contributed by atoms with van der Waals surface area (Å²) in [6, 6.07) is 4.94. The fourth-order valence-corrected chi connectivity index (χ4v) is 4.80. The number of hydrogen-bond donors (Lipinski definition) is 1. The van der Waals surface area contributed by atoms with Gasteiger partial charge in [-0.3, -0.25) is 0 Å². The van der Waals surface area contributed by atoms with Crippen molar-refractivity contribution in [2.45, 2.75) is 43.5 Å². The predicted octanol–water partition coefficient (Wildman–Crippen LogP) is 2.82. The van der Waals surface area contributed by atoms with Crippen LogP contribution < -0.4 is 0 Å². The minimum atomic E-state index is -3.53. The van der Waals surface area contributed by atoms with E-state index in [0.717, 1.165) is 25.7 Å². The minimum absolute atomic E-state index is 0.00354. The smallest absolute Gasteiger partial charge is 0.243 e. The number of hydrogen-bond acceptors (Lipinski definition) is 3. The van der Waals surface area contributed by atoms with Crippen molar-refractivity contribution in [3.63, 3.8) is 0 Å². The molecule has 0 spiro atoms. The summed E-state index contributed by atoms with van der Waals surface area (Å²) >= 11 is 5.94. The standard InChI is InChI=1S/C15H22ClNO3S/c1-11-3-6-13(16)9-15(11)21(19,20)17(2)14-7-4-12(10-18)5-8-14/h3,6,9,12,14,18H,4-5,7-8,10H2,1-2H3. The molecule has 1 saturated carbocycles. The Hall–Kier alpha value is -0.620. The maximum atomic E-state index is 12.8. The van der Waals surface area contributed by atoms with Crippen molar-refractivity contribution >= 4 is 21.6 Å². The lowest BCUT2D eigenvalue weighted by Crippen LogP contribution is -2.40. The Bertz CT molecular complexity index is 595. The van der Waals surface area contributed by atoms with E-state index >= 15 is 0 Å². The van der Waals surface area contributed by atoms with E-state index in [1.54, 1.807) is 26.1 Å². The van der Waals surface area contributed by atoms with Crippen molar-refractivity contribution in [2.24, 2.45) is 5.92 Å². The van der Waals surface area contributed by atoms with Crippen LogP contribution in [0.2, 0.25) is 5.02 Å². The Morgan fingerprint density at radius 1 is 1.29 bits per heavy atom. The topological polar surface area (TPSA) is 57.6 Å². The highest BCUT2D eigenvalue weighted by Crippen LogP contribution is 2.31. The summed E-state index contributed by atoms with van der Waals surface area (Å²) in [5.41, 5.74) is 0.704. The van der Waals surface area contributed by atoms with Crippen LogP contribution in [-0.2, 0) is 10.0 Å². The highest BCUT2D eigenvalue weighted by Gasteiger charge is 2.32. The molecule has 4 nitrogen and oxygen atoms in total. The lowest BCUT2D eigenvalue weighted by Gasteiger charge is -2.33. The van der Waals surface area contributed by atoms with Crippen LogP contribution in [0.15, 0.2) is 23.1 Å². The molecule has 2 rings (SSSR count). The number of benzene rings is 1. The molecule has 1 aliphatic rings. The highest BCUT2D eigenvalue weighted by molar-refractivity contribution is 7.89. The number of halogens is 1. The zero-order valence-corrected chi connectivity index (χ0v) is 14.0. The maximum Gasteiger partial charge on any atom is 0.243 e. The van der Waals surface area contributed by atoms with Crippen LogP contribution in [0.4, 0.5) is 0 Å². The Kier molecular flexibility index (Phi) is 5.30. The number of aliphatic hydroxyl groups excluding tert-OH is 1. The van der Waals surface area contributed by atoms with Gasteiger partial charge in [-0.25, -0.2) is 8.42 Å². The molecular formula is C15H22ClNO3S. The lowest BCUT2D eigenvalue weighted by atomic mass is 9.87. The molecule has 1 fully saturated rings. The number of nitrogens with zero attached hydrogens (tertiary/aromatic N) is 1. The number of aryl methyl sites for hydroxylation is 1. The van der Waals surface area contributed by atoms with E-state index in [9.17, 15) is 13.5 Å². The fraction of sp³-hybridized carbons (Fsp3) is 0.600. The summed E-state index contributed by atoms with van der Waals surface area (Å²) in [7, 11) is -1.89. The molecule has 0 heterocycles. The first kappa shape index (κ1) is 16.7. The van der Waals surface area contributed by atoms with E-state index in [0.29, 0.717) is 16.5 Å². The average molecular weight is 332 g/mol. The summed E-state index contributed by atoms with van der Waals surface area (Å²) in [5.74, 6) is 0.310. The molecule has 118 valence electrons. The van der Waals surface area contributed by atoms with Gasteiger partial charge in [0.2, 0.25) is 10.0 Å². The molecule has 6 heteroatoms. The summed E-state index contributed by atoms with van der Waals surface area (Å²) in [6.45, 7) is 1.97. The Morgan fingerprint density at radius 2 is 1.90 bits per heavy atom. The Morgan fingerprint density at radius 3 is 2.48 bits per heavy atom. The van der Waals surface area contributed by atoms with Gasteiger partial charge >= 0.3 is 0 Å². The van der Waals surface area contributed by atoms with Gasteiger partial charge in [0.05, 0.1) is 4.90 Å². The van der Waals surface area contributed by atoms with Crippen molar-refractivity contribution in [3.8, 4) is 0 Å².